The third-order valence-corrected chi connectivity index (χ3v) is 29.0. The van der Waals surface area contributed by atoms with Crippen molar-refractivity contribution in [2.45, 2.75) is 144 Å². The summed E-state index contributed by atoms with van der Waals surface area (Å²) in [7, 11) is 5.84. The summed E-state index contributed by atoms with van der Waals surface area (Å²) >= 11 is 38.4. The van der Waals surface area contributed by atoms with Crippen LogP contribution < -0.4 is 46.5 Å². The molecule has 18 rings (SSSR count). The number of anilines is 6. The monoisotopic (exact) mass is 2020 g/mol. The molecular weight excluding hydrogens is 1920 g/mol. The SMILES string of the molecule is C=CC(=O)N1CC2C(=O)Nc3c(c4cc(F)c(-c5cc(O)cc(Cl)c5Cl)nc4n(-c4c(C)ccnc4C(C)C)c3=O)N2CC1C.C=CC(=O)N1CC2CN(C)c3c(c4cc(F)c(-c5cc(O)cc(Cl)c5Cl)nc4n(-c4c(C)ccnc4C(C)C)c3=O)N2CC1C.C=CC(=O)N1CC2CN(CCCN(C)C)c3c(c4cc(F)c(-c5cc(O)cc(Cl)c5Cl)nc4n(-c4c(C)ccnc4C(C)C)c3=O)N2CC1C. The van der Waals surface area contributed by atoms with Crippen molar-refractivity contribution in [3.8, 4) is 68.1 Å². The number of phenolic OH excluding ortho intramolecular Hbond substituents is 3. The van der Waals surface area contributed by atoms with Crippen LogP contribution in [0.5, 0.6) is 17.2 Å². The molecule has 0 radical (unpaired) electrons. The lowest BCUT2D eigenvalue weighted by molar-refractivity contribution is -0.131. The Labute approximate surface area is 835 Å². The molecule has 4 N–H and O–H groups in total. The average molecular weight is 2030 g/mol. The number of amides is 4. The van der Waals surface area contributed by atoms with Crippen molar-refractivity contribution in [2.75, 3.05) is 116 Å². The van der Waals surface area contributed by atoms with E-state index in [1.54, 1.807) is 48.8 Å². The third-order valence-electron chi connectivity index (χ3n) is 26.6. The number of rotatable bonds is 16. The Morgan fingerprint density at radius 1 is 0.464 bits per heavy atom. The first-order valence-electron chi connectivity index (χ1n) is 45.7. The van der Waals surface area contributed by atoms with E-state index < -0.39 is 35.0 Å². The predicted molar refractivity (Wildman–Crippen MR) is 548 cm³/mol. The van der Waals surface area contributed by atoms with Gasteiger partial charge in [-0.15, -0.1) is 0 Å². The van der Waals surface area contributed by atoms with Gasteiger partial charge in [0.25, 0.3) is 16.7 Å². The van der Waals surface area contributed by atoms with Gasteiger partial charge in [-0.1, -0.05) is 131 Å². The van der Waals surface area contributed by atoms with Crippen LogP contribution in [0.4, 0.5) is 47.3 Å². The molecule has 3 aromatic carbocycles. The number of phenols is 3. The molecule has 15 heterocycles. The van der Waals surface area contributed by atoms with Crippen LogP contribution >= 0.6 is 69.6 Å². The number of hydrogen-bond donors (Lipinski definition) is 4. The van der Waals surface area contributed by atoms with E-state index in [9.17, 15) is 44.1 Å². The summed E-state index contributed by atoms with van der Waals surface area (Å²) in [5.74, 6) is -4.21. The normalized spacial score (nSPS) is 17.7. The van der Waals surface area contributed by atoms with Crippen molar-refractivity contribution in [1.82, 2.24) is 63.2 Å². The number of halogens is 9. The number of carbonyl (C=O) groups excluding carboxylic acids is 4. The van der Waals surface area contributed by atoms with Gasteiger partial charge in [0.05, 0.1) is 100.0 Å². The number of piperazine rings is 3. The van der Waals surface area contributed by atoms with Gasteiger partial charge in [-0.25, -0.2) is 28.1 Å². The number of hydrogen-bond acceptors (Lipinski definition) is 22. The molecule has 0 bridgehead atoms. The lowest BCUT2D eigenvalue weighted by Crippen LogP contribution is -2.64. The van der Waals surface area contributed by atoms with Crippen molar-refractivity contribution in [2.24, 2.45) is 0 Å². The van der Waals surface area contributed by atoms with Crippen LogP contribution in [0.3, 0.4) is 0 Å². The second-order valence-electron chi connectivity index (χ2n) is 37.4. The molecule has 6 aliphatic heterocycles. The minimum Gasteiger partial charge on any atom is -0.508 e. The summed E-state index contributed by atoms with van der Waals surface area (Å²) in [6.45, 7) is 38.4. The van der Waals surface area contributed by atoms with Gasteiger partial charge in [0, 0.05) is 147 Å². The van der Waals surface area contributed by atoms with Gasteiger partial charge < -0.3 is 64.7 Å². The lowest BCUT2D eigenvalue weighted by Gasteiger charge is -2.51. The zero-order chi connectivity index (χ0) is 101. The molecule has 140 heavy (non-hydrogen) atoms. The minimum atomic E-state index is -0.857. The van der Waals surface area contributed by atoms with E-state index >= 15 is 18.0 Å². The van der Waals surface area contributed by atoms with Crippen LogP contribution in [-0.2, 0) is 19.2 Å². The summed E-state index contributed by atoms with van der Waals surface area (Å²) in [6.07, 6.45) is 9.66. The predicted octanol–water partition coefficient (Wildman–Crippen LogP) is 18.0. The number of benzene rings is 3. The summed E-state index contributed by atoms with van der Waals surface area (Å²) in [6, 6.07) is 15.1. The van der Waals surface area contributed by atoms with Crippen LogP contribution in [0.1, 0.15) is 120 Å². The Morgan fingerprint density at radius 2 is 0.807 bits per heavy atom. The standard InChI is InChI=1S/C37H42Cl2FN7O3.C33H33Cl2FN6O3.C32H29Cl2FN6O4/c1-8-29(49)45-19-23-18-44(13-9-12-43(6)7)35-34(46(23)17-22(45)5)26-16-28(40)32(25-14-24(48)15-27(38)30(25)39)42-36(26)47(37(35)50)33-21(4)10-11-41-31(33)20(2)3;1-7-25(44)40-15-19-14-39(6)31-30(41(19)13-18(40)5)22-12-24(36)28(21-10-20(43)11-23(34)26(21)35)38-32(22)42(33(31)45)29-17(4)8-9-37-27(29)16(2)3;1-6-23(43)39-13-22-31(44)38-27-29(40(22)12-16(39)5)19-11-21(35)26(18-9-17(42)10-20(33)24(18)34)37-30(19)41(32(27)45)28-15(4)7-8-36-25(28)14(2)3/h8,10-11,14-16,20,22-23,48H,1,9,12-13,17-19H2,2-7H3;7-12,16,18-19,43H,1,13-15H2,2-6H3;6-11,14,16,22,42H,1,12-13H2,2-5H3,(H,38,44). The number of likely N-dealkylation sites (N-methyl/N-ethyl adjacent to an activating group) is 1. The number of nitrogens with zero attached hydrogens (tertiary/aromatic N) is 18. The zero-order valence-corrected chi connectivity index (χ0v) is 84.2. The highest BCUT2D eigenvalue weighted by atomic mass is 35.5. The Balaban J connectivity index is 0.000000152. The highest BCUT2D eigenvalue weighted by Gasteiger charge is 2.48. The first-order chi connectivity index (χ1) is 66.4. The molecule has 6 unspecified atom stereocenters. The topological polar surface area (TPSA) is 314 Å². The van der Waals surface area contributed by atoms with Gasteiger partial charge in [-0.05, 0) is 176 Å². The molecular formula is C102H104Cl6F3N19O10. The van der Waals surface area contributed by atoms with Crippen LogP contribution in [0.2, 0.25) is 30.1 Å². The van der Waals surface area contributed by atoms with Crippen LogP contribution in [-0.4, -0.2) is 225 Å². The van der Waals surface area contributed by atoms with E-state index in [1.165, 1.54) is 82.0 Å². The first-order valence-corrected chi connectivity index (χ1v) is 48.0. The van der Waals surface area contributed by atoms with E-state index in [4.69, 9.17) is 89.5 Å². The number of aryl methyl sites for hydroxylation is 3. The van der Waals surface area contributed by atoms with E-state index in [0.29, 0.717) is 125 Å². The van der Waals surface area contributed by atoms with Crippen molar-refractivity contribution in [1.29, 1.82) is 0 Å². The molecule has 4 amide bonds. The summed E-state index contributed by atoms with van der Waals surface area (Å²) in [5.41, 5.74) is 7.00. The number of carbonyl (C=O) groups is 4. The number of fused-ring (bicyclic) bond motifs is 15. The van der Waals surface area contributed by atoms with E-state index in [2.05, 4.69) is 54.6 Å². The molecule has 0 spiro atoms. The Bertz CT molecular complexity index is 7400. The van der Waals surface area contributed by atoms with Gasteiger partial charge in [-0.3, -0.25) is 62.2 Å². The number of pyridine rings is 9. The molecule has 3 fully saturated rings. The maximum absolute atomic E-state index is 16.6. The van der Waals surface area contributed by atoms with Crippen molar-refractivity contribution < 1.29 is 47.7 Å². The Hall–Kier alpha value is -12.8. The fourth-order valence-corrected chi connectivity index (χ4v) is 21.3. The largest absolute Gasteiger partial charge is 0.508 e. The van der Waals surface area contributed by atoms with Gasteiger partial charge in [-0.2, -0.15) is 0 Å². The van der Waals surface area contributed by atoms with Gasteiger partial charge >= 0.3 is 0 Å². The molecule has 0 saturated carbocycles. The molecule has 3 saturated heterocycles. The Kier molecular flexibility index (Phi) is 28.1. The number of nitrogens with one attached hydrogen (secondary N) is 1. The highest BCUT2D eigenvalue weighted by molar-refractivity contribution is 6.45. The zero-order valence-electron chi connectivity index (χ0n) is 79.6. The smallest absolute Gasteiger partial charge is 0.282 e. The Morgan fingerprint density at radius 3 is 1.18 bits per heavy atom. The molecule has 12 aromatic rings. The van der Waals surface area contributed by atoms with Crippen LogP contribution in [0.25, 0.3) is 83.9 Å². The number of aromatic hydroxyl groups is 3. The van der Waals surface area contributed by atoms with E-state index in [-0.39, 0.29) is 199 Å². The summed E-state index contributed by atoms with van der Waals surface area (Å²) in [4.78, 5) is 142. The minimum absolute atomic E-state index is 0.00697. The molecule has 6 atom stereocenters. The van der Waals surface area contributed by atoms with Crippen molar-refractivity contribution >= 4 is 160 Å². The second-order valence-corrected chi connectivity index (χ2v) is 39.8. The maximum Gasteiger partial charge on any atom is 0.282 e. The molecule has 29 nitrogen and oxygen atoms in total. The van der Waals surface area contributed by atoms with E-state index in [0.717, 1.165) is 24.1 Å². The van der Waals surface area contributed by atoms with Crippen molar-refractivity contribution in [3.63, 3.8) is 0 Å². The fraction of sp³-hybridized carbons (Fsp3) is 0.343. The third kappa shape index (κ3) is 17.8. The lowest BCUT2D eigenvalue weighted by atomic mass is 9.98. The summed E-state index contributed by atoms with van der Waals surface area (Å²) < 4.78 is 53.5. The van der Waals surface area contributed by atoms with Gasteiger partial charge in [0.2, 0.25) is 23.6 Å². The highest BCUT2D eigenvalue weighted by Crippen LogP contribution is 2.50. The molecule has 38 heteroatoms. The summed E-state index contributed by atoms with van der Waals surface area (Å²) in [5, 5.41) is 34.9. The van der Waals surface area contributed by atoms with Crippen molar-refractivity contribution in [3.05, 3.63) is 242 Å². The van der Waals surface area contributed by atoms with E-state index in [1.807, 2.05) is 121 Å². The average Bonchev–Trinajstić information content (AvgIpc) is 0.714. The molecule has 9 aromatic heterocycles. The fourth-order valence-electron chi connectivity index (χ4n) is 20.1. The molecule has 0 aliphatic carbocycles. The van der Waals surface area contributed by atoms with Gasteiger partial charge in [0.1, 0.15) is 74.9 Å². The number of aromatic nitrogens is 9. The quantitative estimate of drug-likeness (QED) is 0.0653. The second kappa shape index (κ2) is 39.3. The maximum atomic E-state index is 16.6. The van der Waals surface area contributed by atoms with Crippen LogP contribution in [0.15, 0.2) is 144 Å². The molecule has 730 valence electrons. The first kappa shape index (κ1) is 100. The molecule has 6 aliphatic rings. The van der Waals surface area contributed by atoms with Crippen LogP contribution in [0, 0.1) is 38.2 Å². The van der Waals surface area contributed by atoms with Gasteiger partial charge in [0.15, 0.2) is 16.9 Å².